The lowest BCUT2D eigenvalue weighted by molar-refractivity contribution is -0.222. The summed E-state index contributed by atoms with van der Waals surface area (Å²) in [6.45, 7) is 10.3. The highest BCUT2D eigenvalue weighted by atomic mass is 32.2. The Kier molecular flexibility index (Phi) is 10.5. The van der Waals surface area contributed by atoms with Gasteiger partial charge >= 0.3 is 33.3 Å². The van der Waals surface area contributed by atoms with Crippen molar-refractivity contribution in [1.82, 2.24) is 0 Å². The summed E-state index contributed by atoms with van der Waals surface area (Å²) in [5.41, 5.74) is -0.692. The lowest BCUT2D eigenvalue weighted by Gasteiger charge is -2.64. The van der Waals surface area contributed by atoms with Crippen molar-refractivity contribution in [2.45, 2.75) is 129 Å². The van der Waals surface area contributed by atoms with Crippen molar-refractivity contribution in [3.8, 4) is 0 Å². The van der Waals surface area contributed by atoms with E-state index in [1.165, 1.54) is 13.8 Å². The second-order valence-corrected chi connectivity index (χ2v) is 16.1. The zero-order valence-electron chi connectivity index (χ0n) is 27.4. The van der Waals surface area contributed by atoms with Crippen LogP contribution in [0.2, 0.25) is 0 Å². The summed E-state index contributed by atoms with van der Waals surface area (Å²) in [7, 11) is -5.77. The van der Waals surface area contributed by atoms with Crippen LogP contribution in [0.1, 0.15) is 99.3 Å². The predicted molar refractivity (Wildman–Crippen MR) is 158 cm³/mol. The van der Waals surface area contributed by atoms with Crippen molar-refractivity contribution in [1.29, 1.82) is 0 Å². The number of rotatable bonds is 11. The number of halogens is 2. The molecular formula is C32H48F2O11S. The zero-order valence-corrected chi connectivity index (χ0v) is 28.2. The second-order valence-electron chi connectivity index (χ2n) is 14.6. The molecule has 4 saturated carbocycles. The Labute approximate surface area is 269 Å². The van der Waals surface area contributed by atoms with Gasteiger partial charge in [0.05, 0.1) is 0 Å². The van der Waals surface area contributed by atoms with Crippen molar-refractivity contribution >= 4 is 34.5 Å². The first kappa shape index (κ1) is 36.5. The van der Waals surface area contributed by atoms with Crippen molar-refractivity contribution in [2.75, 3.05) is 0 Å². The Morgan fingerprint density at radius 3 is 2.24 bits per heavy atom. The Hall–Kier alpha value is -2.35. The number of fused-ring (bicyclic) bond motifs is 5. The fourth-order valence-electron chi connectivity index (χ4n) is 10.1. The monoisotopic (exact) mass is 678 g/mol. The first-order chi connectivity index (χ1) is 21.3. The van der Waals surface area contributed by atoms with Crippen molar-refractivity contribution < 1.29 is 59.9 Å². The highest BCUT2D eigenvalue weighted by Crippen LogP contribution is 2.69. The van der Waals surface area contributed by atoms with Crippen LogP contribution in [0.25, 0.3) is 0 Å². The quantitative estimate of drug-likeness (QED) is 0.134. The molecule has 11 nitrogen and oxygen atoms in total. The van der Waals surface area contributed by atoms with E-state index in [9.17, 15) is 36.4 Å². The van der Waals surface area contributed by atoms with Gasteiger partial charge in [0, 0.05) is 31.6 Å². The van der Waals surface area contributed by atoms with E-state index < -0.39 is 44.9 Å². The molecule has 4 fully saturated rings. The third-order valence-corrected chi connectivity index (χ3v) is 13.3. The number of ether oxygens (including phenoxy) is 4. The molecule has 4 aliphatic carbocycles. The van der Waals surface area contributed by atoms with Gasteiger partial charge in [-0.15, -0.1) is 0 Å². The number of hydrogen-bond acceptors (Lipinski definition) is 10. The fraction of sp³-hybridized carbons (Fsp3) is 0.875. The molecular weight excluding hydrogens is 630 g/mol. The Morgan fingerprint density at radius 2 is 1.65 bits per heavy atom. The molecule has 0 saturated heterocycles. The first-order valence-electron chi connectivity index (χ1n) is 16.2. The average Bonchev–Trinajstić information content (AvgIpc) is 3.30. The smallest absolute Gasteiger partial charge is 0.405 e. The third kappa shape index (κ3) is 6.66. The molecule has 0 aromatic carbocycles. The summed E-state index contributed by atoms with van der Waals surface area (Å²) < 4.78 is 80.9. The highest BCUT2D eigenvalue weighted by Gasteiger charge is 2.67. The van der Waals surface area contributed by atoms with E-state index in [1.807, 2.05) is 6.92 Å². The molecule has 0 radical (unpaired) electrons. The van der Waals surface area contributed by atoms with Gasteiger partial charge in [-0.05, 0) is 93.3 Å². The van der Waals surface area contributed by atoms with Gasteiger partial charge in [-0.1, -0.05) is 20.8 Å². The number of esters is 3. The van der Waals surface area contributed by atoms with E-state index in [4.69, 9.17) is 18.8 Å². The van der Waals surface area contributed by atoms with Crippen LogP contribution < -0.4 is 0 Å². The zero-order chi connectivity index (χ0) is 34.4. The standard InChI is InChI=1S/C32H48F2O11S/c1-17(7-10-28(38)43-18(2)32(33,34)46(39,40)41)23-8-9-24-29-25(15-27(31(23,24)6)45-20(4)37)30(5)12-11-22(44-19(3)36)13-21(30)14-26(29)42-16-35/h16-18,21-27,29H,7-15H2,1-6H3,(H,39,40,41)/t17-,18?,21-,22?,23?,24-,25-,26?,27?,29-,30-,31+/m0/s1. The second kappa shape index (κ2) is 13.3. The lowest BCUT2D eigenvalue weighted by Crippen LogP contribution is -2.63. The van der Waals surface area contributed by atoms with Crippen LogP contribution in [0.4, 0.5) is 8.78 Å². The molecule has 4 rings (SSSR count). The number of carbonyl (C=O) groups is 4. The van der Waals surface area contributed by atoms with E-state index in [2.05, 4.69) is 18.6 Å². The van der Waals surface area contributed by atoms with Gasteiger partial charge in [0.1, 0.15) is 18.3 Å². The predicted octanol–water partition coefficient (Wildman–Crippen LogP) is 5.10. The van der Waals surface area contributed by atoms with E-state index in [1.54, 1.807) is 0 Å². The number of carbonyl (C=O) groups excluding carboxylic acids is 4. The van der Waals surface area contributed by atoms with Crippen molar-refractivity contribution in [3.63, 3.8) is 0 Å². The Balaban J connectivity index is 1.57. The Morgan fingerprint density at radius 1 is 1.00 bits per heavy atom. The molecule has 0 amide bonds. The maximum absolute atomic E-state index is 13.9. The third-order valence-electron chi connectivity index (χ3n) is 12.2. The summed E-state index contributed by atoms with van der Waals surface area (Å²) in [5, 5.41) is -4.65. The van der Waals surface area contributed by atoms with Crippen LogP contribution in [-0.4, -0.2) is 67.0 Å². The van der Waals surface area contributed by atoms with Crippen molar-refractivity contribution in [3.05, 3.63) is 0 Å². The van der Waals surface area contributed by atoms with Gasteiger partial charge in [-0.3, -0.25) is 23.7 Å². The van der Waals surface area contributed by atoms with E-state index >= 15 is 0 Å². The molecule has 262 valence electrons. The maximum atomic E-state index is 13.9. The molecule has 5 unspecified atom stereocenters. The first-order valence-corrected chi connectivity index (χ1v) is 17.7. The van der Waals surface area contributed by atoms with E-state index in [-0.39, 0.29) is 71.9 Å². The SMILES string of the molecule is CC(=O)OC1CC[C@@]2(C)[C@@H](C1)CC(OC=O)[C@H]1[C@@H]3CCC([C@@H](C)CCC(=O)OC(C)C(F)(F)S(=O)(=O)O)[C@@]3(C)C(OC(C)=O)C[C@@H]12. The molecule has 46 heavy (non-hydrogen) atoms. The van der Waals surface area contributed by atoms with Crippen LogP contribution in [0.15, 0.2) is 0 Å². The summed E-state index contributed by atoms with van der Waals surface area (Å²) in [6.07, 6.45) is 1.54. The van der Waals surface area contributed by atoms with Crippen LogP contribution in [-0.2, 0) is 48.2 Å². The molecule has 0 bridgehead atoms. The van der Waals surface area contributed by atoms with Gasteiger partial charge in [-0.25, -0.2) is 0 Å². The molecule has 1 N–H and O–H groups in total. The van der Waals surface area contributed by atoms with Crippen LogP contribution in [0.3, 0.4) is 0 Å². The minimum absolute atomic E-state index is 0.000731. The minimum Gasteiger partial charge on any atom is -0.464 e. The van der Waals surface area contributed by atoms with E-state index in [0.717, 1.165) is 25.7 Å². The Bertz CT molecular complexity index is 1290. The number of alkyl halides is 2. The van der Waals surface area contributed by atoms with Crippen LogP contribution in [0, 0.1) is 46.3 Å². The van der Waals surface area contributed by atoms with Crippen LogP contribution >= 0.6 is 0 Å². The van der Waals surface area contributed by atoms with Gasteiger partial charge in [0.25, 0.3) is 6.47 Å². The molecule has 14 heteroatoms. The minimum atomic E-state index is -5.77. The average molecular weight is 679 g/mol. The van der Waals surface area contributed by atoms with Gasteiger partial charge in [0.2, 0.25) is 0 Å². The lowest BCUT2D eigenvalue weighted by atomic mass is 9.43. The molecule has 0 aromatic heterocycles. The molecule has 12 atom stereocenters. The van der Waals surface area contributed by atoms with Gasteiger partial charge < -0.3 is 18.9 Å². The van der Waals surface area contributed by atoms with Crippen molar-refractivity contribution in [2.24, 2.45) is 46.3 Å². The van der Waals surface area contributed by atoms with Crippen LogP contribution in [0.5, 0.6) is 0 Å². The summed E-state index contributed by atoms with van der Waals surface area (Å²) >= 11 is 0. The largest absolute Gasteiger partial charge is 0.464 e. The van der Waals surface area contributed by atoms with Gasteiger partial charge in [0.15, 0.2) is 6.10 Å². The molecule has 0 heterocycles. The summed E-state index contributed by atoms with van der Waals surface area (Å²) in [6, 6.07) is 0. The number of hydrogen-bond donors (Lipinski definition) is 1. The fourth-order valence-corrected chi connectivity index (χ4v) is 10.5. The van der Waals surface area contributed by atoms with E-state index in [0.29, 0.717) is 32.7 Å². The molecule has 0 aliphatic heterocycles. The maximum Gasteiger partial charge on any atom is 0.405 e. The molecule has 4 aliphatic rings. The topological polar surface area (TPSA) is 160 Å². The summed E-state index contributed by atoms with van der Waals surface area (Å²) in [4.78, 5) is 48.5. The molecule has 0 aromatic rings. The highest BCUT2D eigenvalue weighted by molar-refractivity contribution is 7.86. The van der Waals surface area contributed by atoms with Gasteiger partial charge in [-0.2, -0.15) is 17.2 Å². The molecule has 0 spiro atoms. The summed E-state index contributed by atoms with van der Waals surface area (Å²) in [5.74, 6) is -1.68. The normalized spacial score (nSPS) is 38.6.